The Morgan fingerprint density at radius 1 is 1.00 bits per heavy atom. The summed E-state index contributed by atoms with van der Waals surface area (Å²) in [5, 5.41) is 2.79. The van der Waals surface area contributed by atoms with Crippen LogP contribution in [-0.4, -0.2) is 9.97 Å². The van der Waals surface area contributed by atoms with E-state index in [1.807, 2.05) is 49.4 Å². The van der Waals surface area contributed by atoms with Crippen LogP contribution in [-0.2, 0) is 19.2 Å². The highest BCUT2D eigenvalue weighted by Crippen LogP contribution is 2.35. The van der Waals surface area contributed by atoms with E-state index in [0.29, 0.717) is 12.1 Å². The summed E-state index contributed by atoms with van der Waals surface area (Å²) in [5.41, 5.74) is 1.38. The summed E-state index contributed by atoms with van der Waals surface area (Å²) in [5.74, 6) is -0.332. The maximum Gasteiger partial charge on any atom is 0.421 e. The van der Waals surface area contributed by atoms with Crippen molar-refractivity contribution in [2.45, 2.75) is 26.1 Å². The number of para-hydroxylation sites is 1. The van der Waals surface area contributed by atoms with Gasteiger partial charge in [-0.3, -0.25) is 0 Å². The standard InChI is InChI=1S/C20H18F3N3O/c1-2-15-10-6-7-11-17(15)25-18-16(20(21,22)23)12-24-19(26-18)27-13-14-8-4-3-5-9-14/h3-12H,2,13H2,1H3,(H,24,25,26). The molecular weight excluding hydrogens is 355 g/mol. The molecule has 4 nitrogen and oxygen atoms in total. The molecule has 140 valence electrons. The number of anilines is 2. The zero-order valence-corrected chi connectivity index (χ0v) is 14.6. The number of aromatic nitrogens is 2. The van der Waals surface area contributed by atoms with Crippen LogP contribution in [0.1, 0.15) is 23.6 Å². The van der Waals surface area contributed by atoms with Crippen LogP contribution in [0, 0.1) is 0 Å². The van der Waals surface area contributed by atoms with Crippen LogP contribution < -0.4 is 10.1 Å². The predicted molar refractivity (Wildman–Crippen MR) is 96.9 cm³/mol. The number of benzene rings is 2. The molecule has 0 unspecified atom stereocenters. The number of aryl methyl sites for hydroxylation is 1. The number of alkyl halides is 3. The molecule has 27 heavy (non-hydrogen) atoms. The summed E-state index contributed by atoms with van der Waals surface area (Å²) in [6.07, 6.45) is -3.17. The molecule has 1 aromatic heterocycles. The molecule has 1 N–H and O–H groups in total. The Morgan fingerprint density at radius 3 is 2.41 bits per heavy atom. The number of hydrogen-bond acceptors (Lipinski definition) is 4. The lowest BCUT2D eigenvalue weighted by Crippen LogP contribution is -2.13. The van der Waals surface area contributed by atoms with Gasteiger partial charge in [-0.1, -0.05) is 55.5 Å². The highest BCUT2D eigenvalue weighted by Gasteiger charge is 2.35. The van der Waals surface area contributed by atoms with Crippen LogP contribution in [0.4, 0.5) is 24.7 Å². The number of halogens is 3. The van der Waals surface area contributed by atoms with E-state index >= 15 is 0 Å². The van der Waals surface area contributed by atoms with Crippen LogP contribution in [0.2, 0.25) is 0 Å². The molecule has 0 saturated heterocycles. The molecule has 2 aromatic carbocycles. The van der Waals surface area contributed by atoms with E-state index in [1.165, 1.54) is 0 Å². The van der Waals surface area contributed by atoms with Crippen molar-refractivity contribution in [2.24, 2.45) is 0 Å². The largest absolute Gasteiger partial charge is 0.459 e. The fraction of sp³-hybridized carbons (Fsp3) is 0.200. The molecule has 1 heterocycles. The Labute approximate surface area is 155 Å². The number of ether oxygens (including phenoxy) is 1. The minimum atomic E-state index is -4.58. The highest BCUT2D eigenvalue weighted by molar-refractivity contribution is 5.63. The first-order chi connectivity index (χ1) is 13.0. The SMILES string of the molecule is CCc1ccccc1Nc1nc(OCc2ccccc2)ncc1C(F)(F)F. The summed E-state index contributed by atoms with van der Waals surface area (Å²) >= 11 is 0. The molecule has 3 aromatic rings. The third-order valence-electron chi connectivity index (χ3n) is 3.93. The van der Waals surface area contributed by atoms with E-state index in [1.54, 1.807) is 12.1 Å². The summed E-state index contributed by atoms with van der Waals surface area (Å²) in [6.45, 7) is 2.09. The van der Waals surface area contributed by atoms with Crippen LogP contribution >= 0.6 is 0 Å². The third-order valence-corrected chi connectivity index (χ3v) is 3.93. The van der Waals surface area contributed by atoms with Crippen LogP contribution in [0.25, 0.3) is 0 Å². The average molecular weight is 373 g/mol. The second kappa shape index (κ2) is 8.07. The molecule has 0 saturated carbocycles. The van der Waals surface area contributed by atoms with Crippen molar-refractivity contribution in [1.29, 1.82) is 0 Å². The predicted octanol–water partition coefficient (Wildman–Crippen LogP) is 5.38. The van der Waals surface area contributed by atoms with Gasteiger partial charge in [0.25, 0.3) is 0 Å². The normalized spacial score (nSPS) is 11.3. The van der Waals surface area contributed by atoms with Gasteiger partial charge in [-0.15, -0.1) is 0 Å². The van der Waals surface area contributed by atoms with Crippen molar-refractivity contribution in [3.8, 4) is 6.01 Å². The van der Waals surface area contributed by atoms with Gasteiger partial charge in [-0.25, -0.2) is 4.98 Å². The summed E-state index contributed by atoms with van der Waals surface area (Å²) in [6, 6.07) is 16.3. The molecule has 0 bridgehead atoms. The van der Waals surface area contributed by atoms with Crippen molar-refractivity contribution in [3.05, 3.63) is 77.5 Å². The van der Waals surface area contributed by atoms with Gasteiger partial charge >= 0.3 is 12.2 Å². The van der Waals surface area contributed by atoms with Gasteiger partial charge in [-0.2, -0.15) is 18.2 Å². The maximum atomic E-state index is 13.4. The Morgan fingerprint density at radius 2 is 1.70 bits per heavy atom. The van der Waals surface area contributed by atoms with Crippen molar-refractivity contribution >= 4 is 11.5 Å². The van der Waals surface area contributed by atoms with E-state index in [2.05, 4.69) is 15.3 Å². The first-order valence-corrected chi connectivity index (χ1v) is 8.43. The van der Waals surface area contributed by atoms with E-state index in [-0.39, 0.29) is 18.4 Å². The number of nitrogens with one attached hydrogen (secondary N) is 1. The summed E-state index contributed by atoms with van der Waals surface area (Å²) in [7, 11) is 0. The van der Waals surface area contributed by atoms with E-state index in [9.17, 15) is 13.2 Å². The summed E-state index contributed by atoms with van der Waals surface area (Å²) < 4.78 is 45.5. The van der Waals surface area contributed by atoms with Gasteiger partial charge in [0.1, 0.15) is 18.0 Å². The lowest BCUT2D eigenvalue weighted by atomic mass is 10.1. The molecule has 0 atom stereocenters. The van der Waals surface area contributed by atoms with Crippen LogP contribution in [0.15, 0.2) is 60.8 Å². The molecule has 0 fully saturated rings. The Bertz CT molecular complexity index is 898. The van der Waals surface area contributed by atoms with Gasteiger partial charge in [-0.05, 0) is 23.6 Å². The molecular formula is C20H18F3N3O. The molecule has 0 amide bonds. The van der Waals surface area contributed by atoms with Gasteiger partial charge in [0.05, 0.1) is 0 Å². The van der Waals surface area contributed by atoms with Gasteiger partial charge in [0.2, 0.25) is 0 Å². The number of nitrogens with zero attached hydrogens (tertiary/aromatic N) is 2. The van der Waals surface area contributed by atoms with Crippen LogP contribution in [0.3, 0.4) is 0 Å². The Kier molecular flexibility index (Phi) is 5.59. The summed E-state index contributed by atoms with van der Waals surface area (Å²) in [4.78, 5) is 7.67. The monoisotopic (exact) mass is 373 g/mol. The lowest BCUT2D eigenvalue weighted by Gasteiger charge is -2.16. The maximum absolute atomic E-state index is 13.4. The van der Waals surface area contributed by atoms with Crippen molar-refractivity contribution in [3.63, 3.8) is 0 Å². The van der Waals surface area contributed by atoms with E-state index in [0.717, 1.165) is 17.3 Å². The third kappa shape index (κ3) is 4.75. The molecule has 0 aliphatic rings. The Hall–Kier alpha value is -3.09. The molecule has 0 spiro atoms. The fourth-order valence-corrected chi connectivity index (χ4v) is 2.54. The highest BCUT2D eigenvalue weighted by atomic mass is 19.4. The van der Waals surface area contributed by atoms with Gasteiger partial charge in [0.15, 0.2) is 0 Å². The lowest BCUT2D eigenvalue weighted by molar-refractivity contribution is -0.137. The molecule has 7 heteroatoms. The molecule has 0 aliphatic heterocycles. The van der Waals surface area contributed by atoms with E-state index < -0.39 is 11.7 Å². The Balaban J connectivity index is 1.89. The zero-order valence-electron chi connectivity index (χ0n) is 14.6. The zero-order chi connectivity index (χ0) is 19.3. The second-order valence-corrected chi connectivity index (χ2v) is 5.82. The quantitative estimate of drug-likeness (QED) is 0.630. The van der Waals surface area contributed by atoms with Crippen molar-refractivity contribution < 1.29 is 17.9 Å². The fourth-order valence-electron chi connectivity index (χ4n) is 2.54. The van der Waals surface area contributed by atoms with Gasteiger partial charge in [0, 0.05) is 11.9 Å². The minimum Gasteiger partial charge on any atom is -0.459 e. The molecule has 0 radical (unpaired) electrons. The number of rotatable bonds is 6. The average Bonchev–Trinajstić information content (AvgIpc) is 2.67. The minimum absolute atomic E-state index is 0.122. The smallest absolute Gasteiger partial charge is 0.421 e. The topological polar surface area (TPSA) is 47.0 Å². The first-order valence-electron chi connectivity index (χ1n) is 8.43. The second-order valence-electron chi connectivity index (χ2n) is 5.82. The first kappa shape index (κ1) is 18.7. The van der Waals surface area contributed by atoms with Gasteiger partial charge < -0.3 is 10.1 Å². The van der Waals surface area contributed by atoms with Crippen LogP contribution in [0.5, 0.6) is 6.01 Å². The molecule has 0 aliphatic carbocycles. The van der Waals surface area contributed by atoms with Crippen molar-refractivity contribution in [2.75, 3.05) is 5.32 Å². The van der Waals surface area contributed by atoms with E-state index in [4.69, 9.17) is 4.74 Å². The van der Waals surface area contributed by atoms with Crippen molar-refractivity contribution in [1.82, 2.24) is 9.97 Å². The molecule has 3 rings (SSSR count). The number of hydrogen-bond donors (Lipinski definition) is 1.